The highest BCUT2D eigenvalue weighted by Gasteiger charge is 2.41. The Morgan fingerprint density at radius 3 is 2.62 bits per heavy atom. The Morgan fingerprint density at radius 1 is 1.24 bits per heavy atom. The molecule has 1 aliphatic carbocycles. The zero-order valence-corrected chi connectivity index (χ0v) is 14.1. The standard InChI is InChI=1S/C17H25BrN2O/c18-15-5-3-4-14(12-15)16(17(21)6-1-2-7-17)13-20-10-8-19-9-11-20/h3-5,12,16,19,21H,1-2,6-11,13H2. The minimum absolute atomic E-state index is 0.218. The van der Waals surface area contributed by atoms with Crippen molar-refractivity contribution in [1.82, 2.24) is 10.2 Å². The van der Waals surface area contributed by atoms with Gasteiger partial charge < -0.3 is 15.3 Å². The quantitative estimate of drug-likeness (QED) is 0.874. The van der Waals surface area contributed by atoms with Crippen LogP contribution in [0.25, 0.3) is 0 Å². The zero-order valence-electron chi connectivity index (χ0n) is 12.5. The van der Waals surface area contributed by atoms with E-state index in [1.165, 1.54) is 5.56 Å². The SMILES string of the molecule is OC1(C(CN2CCNCC2)c2cccc(Br)c2)CCCC1. The minimum Gasteiger partial charge on any atom is -0.389 e. The molecule has 0 spiro atoms. The summed E-state index contributed by atoms with van der Waals surface area (Å²) in [6, 6.07) is 8.50. The third-order valence-electron chi connectivity index (χ3n) is 5.02. The first kappa shape index (κ1) is 15.5. The Morgan fingerprint density at radius 2 is 1.95 bits per heavy atom. The molecule has 1 aromatic rings. The topological polar surface area (TPSA) is 35.5 Å². The van der Waals surface area contributed by atoms with Gasteiger partial charge in [-0.25, -0.2) is 0 Å². The molecule has 1 aromatic carbocycles. The third kappa shape index (κ3) is 3.67. The van der Waals surface area contributed by atoms with Gasteiger partial charge in [0, 0.05) is 43.1 Å². The lowest BCUT2D eigenvalue weighted by atomic mass is 9.80. The number of halogens is 1. The average molecular weight is 353 g/mol. The summed E-state index contributed by atoms with van der Waals surface area (Å²) in [5, 5.41) is 14.6. The maximum atomic E-state index is 11.2. The van der Waals surface area contributed by atoms with E-state index in [-0.39, 0.29) is 5.92 Å². The van der Waals surface area contributed by atoms with Crippen LogP contribution in [0.1, 0.15) is 37.2 Å². The molecule has 1 heterocycles. The van der Waals surface area contributed by atoms with Crippen molar-refractivity contribution in [3.8, 4) is 0 Å². The number of nitrogens with one attached hydrogen (secondary N) is 1. The lowest BCUT2D eigenvalue weighted by Gasteiger charge is -2.38. The molecule has 21 heavy (non-hydrogen) atoms. The first-order valence-electron chi connectivity index (χ1n) is 8.08. The van der Waals surface area contributed by atoms with Gasteiger partial charge in [0.1, 0.15) is 0 Å². The van der Waals surface area contributed by atoms with Crippen LogP contribution in [0.2, 0.25) is 0 Å². The largest absolute Gasteiger partial charge is 0.389 e. The molecule has 1 atom stereocenters. The number of rotatable bonds is 4. The summed E-state index contributed by atoms with van der Waals surface area (Å²) in [5.41, 5.74) is 0.749. The van der Waals surface area contributed by atoms with Crippen LogP contribution in [-0.2, 0) is 0 Å². The number of hydrogen-bond donors (Lipinski definition) is 2. The van der Waals surface area contributed by atoms with E-state index in [4.69, 9.17) is 0 Å². The summed E-state index contributed by atoms with van der Waals surface area (Å²) in [6.45, 7) is 5.25. The van der Waals surface area contributed by atoms with E-state index in [1.54, 1.807) is 0 Å². The molecular weight excluding hydrogens is 328 g/mol. The second-order valence-electron chi connectivity index (χ2n) is 6.47. The van der Waals surface area contributed by atoms with E-state index in [1.807, 2.05) is 0 Å². The normalized spacial score (nSPS) is 24.1. The molecule has 1 aliphatic heterocycles. The highest BCUT2D eigenvalue weighted by atomic mass is 79.9. The van der Waals surface area contributed by atoms with Gasteiger partial charge >= 0.3 is 0 Å². The van der Waals surface area contributed by atoms with E-state index < -0.39 is 5.60 Å². The second-order valence-corrected chi connectivity index (χ2v) is 7.38. The van der Waals surface area contributed by atoms with Gasteiger partial charge in [-0.1, -0.05) is 40.9 Å². The summed E-state index contributed by atoms with van der Waals surface area (Å²) in [7, 11) is 0. The molecule has 0 radical (unpaired) electrons. The van der Waals surface area contributed by atoms with Crippen LogP contribution in [0, 0.1) is 0 Å². The van der Waals surface area contributed by atoms with Crippen LogP contribution in [0.15, 0.2) is 28.7 Å². The lowest BCUT2D eigenvalue weighted by Crippen LogP contribution is -2.48. The van der Waals surface area contributed by atoms with Crippen LogP contribution in [0.3, 0.4) is 0 Å². The summed E-state index contributed by atoms with van der Waals surface area (Å²) in [5.74, 6) is 0.218. The monoisotopic (exact) mass is 352 g/mol. The van der Waals surface area contributed by atoms with Crippen LogP contribution < -0.4 is 5.32 Å². The fourth-order valence-corrected chi connectivity index (χ4v) is 4.21. The van der Waals surface area contributed by atoms with Crippen molar-refractivity contribution >= 4 is 15.9 Å². The van der Waals surface area contributed by atoms with Crippen molar-refractivity contribution in [3.05, 3.63) is 34.3 Å². The number of benzene rings is 1. The molecular formula is C17H25BrN2O. The van der Waals surface area contributed by atoms with E-state index in [2.05, 4.69) is 50.4 Å². The fraction of sp³-hybridized carbons (Fsp3) is 0.647. The molecule has 1 saturated heterocycles. The second kappa shape index (κ2) is 6.78. The van der Waals surface area contributed by atoms with E-state index in [0.717, 1.165) is 62.9 Å². The number of piperazine rings is 1. The first-order chi connectivity index (χ1) is 10.2. The van der Waals surface area contributed by atoms with Crippen LogP contribution in [0.4, 0.5) is 0 Å². The summed E-state index contributed by atoms with van der Waals surface area (Å²) >= 11 is 3.58. The van der Waals surface area contributed by atoms with E-state index in [9.17, 15) is 5.11 Å². The Kier molecular flexibility index (Phi) is 4.99. The van der Waals surface area contributed by atoms with Crippen LogP contribution in [-0.4, -0.2) is 48.3 Å². The third-order valence-corrected chi connectivity index (χ3v) is 5.51. The molecule has 3 nitrogen and oxygen atoms in total. The molecule has 0 bridgehead atoms. The van der Waals surface area contributed by atoms with Crippen molar-refractivity contribution in [3.63, 3.8) is 0 Å². The Hall–Kier alpha value is -0.420. The highest BCUT2D eigenvalue weighted by Crippen LogP contribution is 2.42. The Balaban J connectivity index is 1.83. The van der Waals surface area contributed by atoms with Gasteiger partial charge in [-0.3, -0.25) is 0 Å². The van der Waals surface area contributed by atoms with Gasteiger partial charge in [-0.05, 0) is 30.5 Å². The molecule has 116 valence electrons. The molecule has 2 aliphatic rings. The van der Waals surface area contributed by atoms with Crippen molar-refractivity contribution in [2.45, 2.75) is 37.2 Å². The van der Waals surface area contributed by atoms with Gasteiger partial charge in [-0.2, -0.15) is 0 Å². The van der Waals surface area contributed by atoms with Crippen LogP contribution >= 0.6 is 15.9 Å². The molecule has 4 heteroatoms. The van der Waals surface area contributed by atoms with Gasteiger partial charge in [0.25, 0.3) is 0 Å². The fourth-order valence-electron chi connectivity index (χ4n) is 3.80. The number of hydrogen-bond acceptors (Lipinski definition) is 3. The lowest BCUT2D eigenvalue weighted by molar-refractivity contribution is 0.00495. The zero-order chi connectivity index (χ0) is 14.7. The van der Waals surface area contributed by atoms with Gasteiger partial charge in [-0.15, -0.1) is 0 Å². The molecule has 0 aromatic heterocycles. The number of nitrogens with zero attached hydrogens (tertiary/aromatic N) is 1. The predicted octanol–water partition coefficient (Wildman–Crippen LogP) is 2.74. The molecule has 1 saturated carbocycles. The molecule has 2 N–H and O–H groups in total. The smallest absolute Gasteiger partial charge is 0.0728 e. The molecule has 1 unspecified atom stereocenters. The molecule has 2 fully saturated rings. The van der Waals surface area contributed by atoms with Crippen molar-refractivity contribution in [2.75, 3.05) is 32.7 Å². The molecule has 0 amide bonds. The maximum absolute atomic E-state index is 11.2. The first-order valence-corrected chi connectivity index (χ1v) is 8.88. The van der Waals surface area contributed by atoms with Gasteiger partial charge in [0.15, 0.2) is 0 Å². The molecule has 3 rings (SSSR count). The minimum atomic E-state index is -0.522. The summed E-state index contributed by atoms with van der Waals surface area (Å²) < 4.78 is 1.10. The Labute approximate surface area is 135 Å². The Bertz CT molecular complexity index is 468. The summed E-state index contributed by atoms with van der Waals surface area (Å²) in [6.07, 6.45) is 4.19. The van der Waals surface area contributed by atoms with E-state index in [0.29, 0.717) is 0 Å². The highest BCUT2D eigenvalue weighted by molar-refractivity contribution is 9.10. The van der Waals surface area contributed by atoms with Crippen LogP contribution in [0.5, 0.6) is 0 Å². The van der Waals surface area contributed by atoms with Gasteiger partial charge in [0.2, 0.25) is 0 Å². The van der Waals surface area contributed by atoms with Crippen molar-refractivity contribution in [1.29, 1.82) is 0 Å². The maximum Gasteiger partial charge on any atom is 0.0728 e. The number of aliphatic hydroxyl groups is 1. The van der Waals surface area contributed by atoms with Crippen molar-refractivity contribution in [2.24, 2.45) is 0 Å². The predicted molar refractivity (Wildman–Crippen MR) is 89.6 cm³/mol. The van der Waals surface area contributed by atoms with Gasteiger partial charge in [0.05, 0.1) is 5.60 Å². The summed E-state index contributed by atoms with van der Waals surface area (Å²) in [4.78, 5) is 2.50. The van der Waals surface area contributed by atoms with E-state index >= 15 is 0 Å². The van der Waals surface area contributed by atoms with Crippen molar-refractivity contribution < 1.29 is 5.11 Å². The average Bonchev–Trinajstić information content (AvgIpc) is 2.93.